The maximum Gasteiger partial charge on any atom is 0.251 e. The van der Waals surface area contributed by atoms with Gasteiger partial charge in [-0.2, -0.15) is 0 Å². The predicted molar refractivity (Wildman–Crippen MR) is 119 cm³/mol. The van der Waals surface area contributed by atoms with Gasteiger partial charge >= 0.3 is 0 Å². The van der Waals surface area contributed by atoms with E-state index in [0.29, 0.717) is 29.3 Å². The van der Waals surface area contributed by atoms with E-state index in [4.69, 9.17) is 0 Å². The molecule has 0 aliphatic carbocycles. The summed E-state index contributed by atoms with van der Waals surface area (Å²) in [5.74, 6) is 0.528. The number of hydrogen-bond acceptors (Lipinski definition) is 4. The van der Waals surface area contributed by atoms with E-state index >= 15 is 0 Å². The first-order valence-corrected chi connectivity index (χ1v) is 9.87. The van der Waals surface area contributed by atoms with Crippen LogP contribution in [0, 0.1) is 12.7 Å². The van der Waals surface area contributed by atoms with Crippen LogP contribution in [-0.4, -0.2) is 15.9 Å². The molecule has 3 aromatic carbocycles. The molecule has 154 valence electrons. The molecule has 1 amide bonds. The number of hydrogen-bond donors (Lipinski definition) is 2. The number of nitrogens with one attached hydrogen (secondary N) is 2. The van der Waals surface area contributed by atoms with Crippen LogP contribution in [0.2, 0.25) is 0 Å². The van der Waals surface area contributed by atoms with E-state index < -0.39 is 0 Å². The number of benzene rings is 3. The van der Waals surface area contributed by atoms with Gasteiger partial charge in [0.05, 0.1) is 0 Å². The van der Waals surface area contributed by atoms with Crippen LogP contribution in [0.5, 0.6) is 0 Å². The molecule has 31 heavy (non-hydrogen) atoms. The van der Waals surface area contributed by atoms with Gasteiger partial charge in [0.15, 0.2) is 5.82 Å². The molecule has 1 heterocycles. The lowest BCUT2D eigenvalue weighted by Crippen LogP contribution is -2.22. The zero-order valence-corrected chi connectivity index (χ0v) is 17.0. The van der Waals surface area contributed by atoms with Gasteiger partial charge in [-0.25, -0.2) is 14.4 Å². The van der Waals surface area contributed by atoms with Crippen molar-refractivity contribution in [3.05, 3.63) is 108 Å². The van der Waals surface area contributed by atoms with Crippen LogP contribution in [0.3, 0.4) is 0 Å². The maximum absolute atomic E-state index is 13.5. The Morgan fingerprint density at radius 2 is 1.74 bits per heavy atom. The van der Waals surface area contributed by atoms with Gasteiger partial charge in [-0.1, -0.05) is 42.0 Å². The highest BCUT2D eigenvalue weighted by atomic mass is 19.1. The molecule has 1 aromatic heterocycles. The minimum absolute atomic E-state index is 0.137. The summed E-state index contributed by atoms with van der Waals surface area (Å²) < 4.78 is 13.5. The van der Waals surface area contributed by atoms with Crippen molar-refractivity contribution in [2.45, 2.75) is 13.5 Å². The minimum atomic E-state index is -0.337. The van der Waals surface area contributed by atoms with Gasteiger partial charge in [-0.3, -0.25) is 4.79 Å². The first-order valence-electron chi connectivity index (χ1n) is 9.87. The van der Waals surface area contributed by atoms with Crippen LogP contribution in [0.25, 0.3) is 11.4 Å². The third kappa shape index (κ3) is 5.30. The number of carbonyl (C=O) groups is 1. The highest BCUT2D eigenvalue weighted by Crippen LogP contribution is 2.20. The van der Waals surface area contributed by atoms with Crippen molar-refractivity contribution >= 4 is 17.4 Å². The van der Waals surface area contributed by atoms with E-state index in [9.17, 15) is 9.18 Å². The predicted octanol–water partition coefficient (Wildman–Crippen LogP) is 5.26. The van der Waals surface area contributed by atoms with E-state index in [1.54, 1.807) is 36.5 Å². The molecule has 4 aromatic rings. The number of carbonyl (C=O) groups excluding carboxylic acids is 1. The molecule has 0 atom stereocenters. The van der Waals surface area contributed by atoms with Crippen LogP contribution in [-0.2, 0) is 6.54 Å². The summed E-state index contributed by atoms with van der Waals surface area (Å²) in [6, 6.07) is 23.0. The molecule has 0 aliphatic heterocycles. The highest BCUT2D eigenvalue weighted by Gasteiger charge is 2.07. The van der Waals surface area contributed by atoms with E-state index in [-0.39, 0.29) is 11.7 Å². The third-order valence-corrected chi connectivity index (χ3v) is 4.73. The minimum Gasteiger partial charge on any atom is -0.348 e. The van der Waals surface area contributed by atoms with Gasteiger partial charge in [0, 0.05) is 29.6 Å². The molecule has 0 saturated carbocycles. The average molecular weight is 412 g/mol. The molecule has 0 aliphatic rings. The molecule has 2 N–H and O–H groups in total. The van der Waals surface area contributed by atoms with E-state index in [1.807, 2.05) is 43.3 Å². The number of aryl methyl sites for hydroxylation is 1. The molecular formula is C25H21FN4O. The Balaban J connectivity index is 1.40. The van der Waals surface area contributed by atoms with Crippen LogP contribution in [0.4, 0.5) is 15.9 Å². The Morgan fingerprint density at radius 3 is 2.48 bits per heavy atom. The first-order chi connectivity index (χ1) is 15.1. The van der Waals surface area contributed by atoms with Gasteiger partial charge in [0.1, 0.15) is 11.6 Å². The monoisotopic (exact) mass is 412 g/mol. The van der Waals surface area contributed by atoms with Crippen LogP contribution < -0.4 is 10.6 Å². The van der Waals surface area contributed by atoms with Crippen LogP contribution in [0.1, 0.15) is 21.5 Å². The zero-order valence-electron chi connectivity index (χ0n) is 17.0. The number of amides is 1. The Kier molecular flexibility index (Phi) is 5.98. The molecule has 0 unspecified atom stereocenters. The number of rotatable bonds is 6. The summed E-state index contributed by atoms with van der Waals surface area (Å²) in [5, 5.41) is 6.10. The quantitative estimate of drug-likeness (QED) is 0.453. The second kappa shape index (κ2) is 9.17. The molecule has 0 bridgehead atoms. The van der Waals surface area contributed by atoms with Crippen LogP contribution in [0.15, 0.2) is 85.1 Å². The average Bonchev–Trinajstić information content (AvgIpc) is 2.79. The molecule has 5 nitrogen and oxygen atoms in total. The van der Waals surface area contributed by atoms with Gasteiger partial charge in [0.25, 0.3) is 5.91 Å². The van der Waals surface area contributed by atoms with Gasteiger partial charge in [-0.05, 0) is 55.0 Å². The standard InChI is InChI=1S/C25H21FN4O/c1-17-5-7-18(8-6-17)16-28-25(31)19-9-11-22(12-10-19)29-23-13-14-27-24(30-23)20-3-2-4-21(26)15-20/h2-15H,16H2,1H3,(H,28,31)(H,27,29,30). The van der Waals surface area contributed by atoms with Crippen molar-refractivity contribution in [3.8, 4) is 11.4 Å². The van der Waals surface area contributed by atoms with E-state index in [1.165, 1.54) is 17.7 Å². The number of halogens is 1. The lowest BCUT2D eigenvalue weighted by atomic mass is 10.1. The lowest BCUT2D eigenvalue weighted by molar-refractivity contribution is 0.0951. The lowest BCUT2D eigenvalue weighted by Gasteiger charge is -2.09. The van der Waals surface area contributed by atoms with Crippen molar-refractivity contribution < 1.29 is 9.18 Å². The number of nitrogens with zero attached hydrogens (tertiary/aromatic N) is 2. The largest absolute Gasteiger partial charge is 0.348 e. The molecular weight excluding hydrogens is 391 g/mol. The zero-order chi connectivity index (χ0) is 21.6. The Hall–Kier alpha value is -4.06. The second-order valence-corrected chi connectivity index (χ2v) is 7.15. The SMILES string of the molecule is Cc1ccc(CNC(=O)c2ccc(Nc3ccnc(-c4cccc(F)c4)n3)cc2)cc1. The summed E-state index contributed by atoms with van der Waals surface area (Å²) in [6.07, 6.45) is 1.61. The molecule has 0 fully saturated rings. The van der Waals surface area contributed by atoms with Gasteiger partial charge in [0.2, 0.25) is 0 Å². The third-order valence-electron chi connectivity index (χ3n) is 4.73. The Morgan fingerprint density at radius 1 is 0.968 bits per heavy atom. The summed E-state index contributed by atoms with van der Waals surface area (Å²) in [7, 11) is 0. The number of aromatic nitrogens is 2. The van der Waals surface area contributed by atoms with Gasteiger partial charge in [-0.15, -0.1) is 0 Å². The smallest absolute Gasteiger partial charge is 0.251 e. The highest BCUT2D eigenvalue weighted by molar-refractivity contribution is 5.94. The topological polar surface area (TPSA) is 66.9 Å². The van der Waals surface area contributed by atoms with Crippen molar-refractivity contribution in [2.75, 3.05) is 5.32 Å². The first kappa shape index (κ1) is 20.2. The maximum atomic E-state index is 13.5. The molecule has 4 rings (SSSR count). The fraction of sp³-hybridized carbons (Fsp3) is 0.0800. The van der Waals surface area contributed by atoms with E-state index in [2.05, 4.69) is 20.6 Å². The van der Waals surface area contributed by atoms with Crippen molar-refractivity contribution in [2.24, 2.45) is 0 Å². The van der Waals surface area contributed by atoms with Gasteiger partial charge < -0.3 is 10.6 Å². The molecule has 0 spiro atoms. The van der Waals surface area contributed by atoms with Crippen molar-refractivity contribution in [3.63, 3.8) is 0 Å². The summed E-state index contributed by atoms with van der Waals surface area (Å²) in [4.78, 5) is 21.0. The fourth-order valence-corrected chi connectivity index (χ4v) is 3.04. The number of anilines is 2. The van der Waals surface area contributed by atoms with E-state index in [0.717, 1.165) is 11.3 Å². The molecule has 0 saturated heterocycles. The summed E-state index contributed by atoms with van der Waals surface area (Å²) in [5.41, 5.74) is 4.18. The normalized spacial score (nSPS) is 10.5. The molecule has 0 radical (unpaired) electrons. The van der Waals surface area contributed by atoms with Crippen LogP contribution >= 0.6 is 0 Å². The summed E-state index contributed by atoms with van der Waals surface area (Å²) in [6.45, 7) is 2.50. The Labute approximate surface area is 180 Å². The summed E-state index contributed by atoms with van der Waals surface area (Å²) >= 11 is 0. The molecule has 6 heteroatoms. The second-order valence-electron chi connectivity index (χ2n) is 7.15. The fourth-order valence-electron chi connectivity index (χ4n) is 3.04. The van der Waals surface area contributed by atoms with Crippen molar-refractivity contribution in [1.82, 2.24) is 15.3 Å². The van der Waals surface area contributed by atoms with Crippen molar-refractivity contribution in [1.29, 1.82) is 0 Å². The Bertz CT molecular complexity index is 1190.